The number of benzene rings is 1. The van der Waals surface area contributed by atoms with Crippen molar-refractivity contribution in [3.8, 4) is 0 Å². The molecule has 1 aliphatic rings. The molecule has 1 atom stereocenters. The Balaban J connectivity index is 2.12. The van der Waals surface area contributed by atoms with Crippen LogP contribution in [0.4, 0.5) is 4.39 Å². The molecule has 15 heavy (non-hydrogen) atoms. The molecule has 2 rings (SSSR count). The Kier molecular flexibility index (Phi) is 3.37. The lowest BCUT2D eigenvalue weighted by Crippen LogP contribution is -2.21. The maximum atomic E-state index is 13.6. The van der Waals surface area contributed by atoms with Gasteiger partial charge in [0, 0.05) is 13.2 Å². The molecule has 0 N–H and O–H groups in total. The van der Waals surface area contributed by atoms with E-state index in [1.165, 1.54) is 0 Å². The van der Waals surface area contributed by atoms with Crippen molar-refractivity contribution in [2.45, 2.75) is 25.7 Å². The molecule has 2 heteroatoms. The highest BCUT2D eigenvalue weighted by Crippen LogP contribution is 2.32. The lowest BCUT2D eigenvalue weighted by Gasteiger charge is -2.28. The minimum Gasteiger partial charge on any atom is -0.381 e. The van der Waals surface area contributed by atoms with Gasteiger partial charge in [-0.15, -0.1) is 0 Å². The van der Waals surface area contributed by atoms with Crippen molar-refractivity contribution in [2.75, 3.05) is 13.2 Å². The minimum absolute atomic E-state index is 0.0727. The molecule has 0 radical (unpaired) electrons. The molecule has 0 amide bonds. The maximum absolute atomic E-state index is 13.6. The smallest absolute Gasteiger partial charge is 0.126 e. The second-order valence-electron chi connectivity index (χ2n) is 4.26. The standard InChI is InChI=1S/C13H17FO/c1-10(11-6-8-15-9-7-11)12-4-2-3-5-13(12)14/h2-5,10-11H,6-9H2,1H3. The molecular weight excluding hydrogens is 191 g/mol. The summed E-state index contributed by atoms with van der Waals surface area (Å²) in [4.78, 5) is 0. The number of hydrogen-bond donors (Lipinski definition) is 0. The highest BCUT2D eigenvalue weighted by molar-refractivity contribution is 5.21. The number of hydrogen-bond acceptors (Lipinski definition) is 1. The van der Waals surface area contributed by atoms with Gasteiger partial charge in [0.2, 0.25) is 0 Å². The molecule has 0 spiro atoms. The molecule has 1 unspecified atom stereocenters. The SMILES string of the molecule is CC(c1ccccc1F)C1CCOCC1. The average molecular weight is 208 g/mol. The first kappa shape index (κ1) is 10.6. The van der Waals surface area contributed by atoms with Crippen molar-refractivity contribution >= 4 is 0 Å². The van der Waals surface area contributed by atoms with E-state index in [0.29, 0.717) is 11.8 Å². The Bertz CT molecular complexity index is 318. The number of rotatable bonds is 2. The van der Waals surface area contributed by atoms with E-state index in [1.54, 1.807) is 12.1 Å². The van der Waals surface area contributed by atoms with E-state index in [2.05, 4.69) is 6.92 Å². The summed E-state index contributed by atoms with van der Waals surface area (Å²) >= 11 is 0. The molecule has 1 saturated heterocycles. The second-order valence-corrected chi connectivity index (χ2v) is 4.26. The van der Waals surface area contributed by atoms with E-state index in [-0.39, 0.29) is 5.82 Å². The van der Waals surface area contributed by atoms with Crippen LogP contribution in [0.2, 0.25) is 0 Å². The zero-order valence-corrected chi connectivity index (χ0v) is 9.08. The van der Waals surface area contributed by atoms with Gasteiger partial charge in [0.25, 0.3) is 0 Å². The van der Waals surface area contributed by atoms with E-state index in [4.69, 9.17) is 4.74 Å². The summed E-state index contributed by atoms with van der Waals surface area (Å²) in [5.41, 5.74) is 0.851. The molecular formula is C13H17FO. The summed E-state index contributed by atoms with van der Waals surface area (Å²) < 4.78 is 18.9. The predicted octanol–water partition coefficient (Wildman–Crippen LogP) is 3.36. The van der Waals surface area contributed by atoms with Crippen LogP contribution in [0.15, 0.2) is 24.3 Å². The van der Waals surface area contributed by atoms with E-state index < -0.39 is 0 Å². The zero-order chi connectivity index (χ0) is 10.7. The van der Waals surface area contributed by atoms with Gasteiger partial charge in [-0.2, -0.15) is 0 Å². The van der Waals surface area contributed by atoms with E-state index in [0.717, 1.165) is 31.6 Å². The van der Waals surface area contributed by atoms with Crippen molar-refractivity contribution in [1.29, 1.82) is 0 Å². The molecule has 0 aromatic heterocycles. The van der Waals surface area contributed by atoms with Crippen molar-refractivity contribution in [3.63, 3.8) is 0 Å². The number of ether oxygens (including phenoxy) is 1. The van der Waals surface area contributed by atoms with Gasteiger partial charge in [0.1, 0.15) is 5.82 Å². The predicted molar refractivity (Wildman–Crippen MR) is 58.4 cm³/mol. The van der Waals surface area contributed by atoms with Gasteiger partial charge in [-0.05, 0) is 36.3 Å². The third kappa shape index (κ3) is 2.37. The summed E-state index contributed by atoms with van der Waals surface area (Å²) in [6.07, 6.45) is 2.10. The largest absolute Gasteiger partial charge is 0.381 e. The number of halogens is 1. The Morgan fingerprint density at radius 1 is 1.27 bits per heavy atom. The topological polar surface area (TPSA) is 9.23 Å². The second kappa shape index (κ2) is 4.75. The highest BCUT2D eigenvalue weighted by atomic mass is 19.1. The summed E-state index contributed by atoms with van der Waals surface area (Å²) in [6.45, 7) is 3.77. The average Bonchev–Trinajstić information content (AvgIpc) is 2.30. The fourth-order valence-corrected chi connectivity index (χ4v) is 2.31. The molecule has 1 aromatic rings. The van der Waals surface area contributed by atoms with E-state index in [9.17, 15) is 4.39 Å². The summed E-state index contributed by atoms with van der Waals surface area (Å²) in [5.74, 6) is 0.794. The maximum Gasteiger partial charge on any atom is 0.126 e. The van der Waals surface area contributed by atoms with Crippen molar-refractivity contribution < 1.29 is 9.13 Å². The third-order valence-electron chi connectivity index (χ3n) is 3.37. The summed E-state index contributed by atoms with van der Waals surface area (Å²) in [6, 6.07) is 7.10. The fraction of sp³-hybridized carbons (Fsp3) is 0.538. The molecule has 1 aromatic carbocycles. The Morgan fingerprint density at radius 2 is 1.93 bits per heavy atom. The van der Waals surface area contributed by atoms with Gasteiger partial charge < -0.3 is 4.74 Å². The van der Waals surface area contributed by atoms with E-state index >= 15 is 0 Å². The van der Waals surface area contributed by atoms with Crippen LogP contribution in [0.3, 0.4) is 0 Å². The summed E-state index contributed by atoms with van der Waals surface area (Å²) in [7, 11) is 0. The van der Waals surface area contributed by atoms with Crippen LogP contribution in [-0.2, 0) is 4.74 Å². The first-order chi connectivity index (χ1) is 7.29. The van der Waals surface area contributed by atoms with Gasteiger partial charge in [0.05, 0.1) is 0 Å². The molecule has 0 saturated carbocycles. The van der Waals surface area contributed by atoms with Crippen LogP contribution in [0.5, 0.6) is 0 Å². The van der Waals surface area contributed by atoms with Crippen LogP contribution < -0.4 is 0 Å². The fourth-order valence-electron chi connectivity index (χ4n) is 2.31. The Morgan fingerprint density at radius 3 is 2.60 bits per heavy atom. The van der Waals surface area contributed by atoms with Gasteiger partial charge >= 0.3 is 0 Å². The van der Waals surface area contributed by atoms with Crippen LogP contribution in [-0.4, -0.2) is 13.2 Å². The van der Waals surface area contributed by atoms with Gasteiger partial charge in [-0.3, -0.25) is 0 Å². The lowest BCUT2D eigenvalue weighted by molar-refractivity contribution is 0.0593. The molecule has 1 aliphatic heterocycles. The van der Waals surface area contributed by atoms with Crippen LogP contribution >= 0.6 is 0 Å². The van der Waals surface area contributed by atoms with Gasteiger partial charge in [-0.25, -0.2) is 4.39 Å². The molecule has 1 heterocycles. The van der Waals surface area contributed by atoms with Crippen molar-refractivity contribution in [3.05, 3.63) is 35.6 Å². The Labute approximate surface area is 90.3 Å². The van der Waals surface area contributed by atoms with Crippen molar-refractivity contribution in [2.24, 2.45) is 5.92 Å². The van der Waals surface area contributed by atoms with Crippen LogP contribution in [0, 0.1) is 11.7 Å². The molecule has 0 aliphatic carbocycles. The Hall–Kier alpha value is -0.890. The first-order valence-electron chi connectivity index (χ1n) is 5.61. The quantitative estimate of drug-likeness (QED) is 0.724. The van der Waals surface area contributed by atoms with Crippen molar-refractivity contribution in [1.82, 2.24) is 0 Å². The zero-order valence-electron chi connectivity index (χ0n) is 9.08. The van der Waals surface area contributed by atoms with Gasteiger partial charge in [-0.1, -0.05) is 25.1 Å². The van der Waals surface area contributed by atoms with Crippen LogP contribution in [0.25, 0.3) is 0 Å². The summed E-state index contributed by atoms with van der Waals surface area (Å²) in [5, 5.41) is 0. The van der Waals surface area contributed by atoms with Gasteiger partial charge in [0.15, 0.2) is 0 Å². The normalized spacial score (nSPS) is 20.1. The highest BCUT2D eigenvalue weighted by Gasteiger charge is 2.23. The first-order valence-corrected chi connectivity index (χ1v) is 5.61. The van der Waals surface area contributed by atoms with Crippen LogP contribution in [0.1, 0.15) is 31.2 Å². The minimum atomic E-state index is -0.0727. The monoisotopic (exact) mass is 208 g/mol. The lowest BCUT2D eigenvalue weighted by atomic mass is 9.82. The van der Waals surface area contributed by atoms with E-state index in [1.807, 2.05) is 12.1 Å². The third-order valence-corrected chi connectivity index (χ3v) is 3.37. The molecule has 1 nitrogen and oxygen atoms in total. The molecule has 82 valence electrons. The molecule has 1 fully saturated rings. The molecule has 0 bridgehead atoms.